The molecule has 0 atom stereocenters. The Morgan fingerprint density at radius 2 is 1.88 bits per heavy atom. The molecule has 1 aliphatic rings. The molecule has 1 saturated carbocycles. The Morgan fingerprint density at radius 1 is 1.25 bits per heavy atom. The summed E-state index contributed by atoms with van der Waals surface area (Å²) >= 11 is 0. The van der Waals surface area contributed by atoms with Crippen LogP contribution in [0.25, 0.3) is 0 Å². The molecule has 2 nitrogen and oxygen atoms in total. The molecule has 0 bridgehead atoms. The Balaban J connectivity index is 2.65. The van der Waals surface area contributed by atoms with E-state index in [-0.39, 0.29) is 11.3 Å². The number of hydrogen-bond acceptors (Lipinski definition) is 2. The maximum absolute atomic E-state index is 13.6. The lowest BCUT2D eigenvalue weighted by molar-refractivity contribution is 0.228. The van der Waals surface area contributed by atoms with Crippen LogP contribution in [0.3, 0.4) is 0 Å². The van der Waals surface area contributed by atoms with Crippen LogP contribution < -0.4 is 10.5 Å². The fourth-order valence-corrected chi connectivity index (χ4v) is 2.03. The van der Waals surface area contributed by atoms with Gasteiger partial charge in [0.1, 0.15) is 0 Å². The summed E-state index contributed by atoms with van der Waals surface area (Å²) in [5, 5.41) is 0. The lowest BCUT2D eigenvalue weighted by Crippen LogP contribution is -2.44. The fourth-order valence-electron chi connectivity index (χ4n) is 2.03. The molecule has 88 valence electrons. The first-order chi connectivity index (χ1) is 7.49. The maximum atomic E-state index is 13.6. The van der Waals surface area contributed by atoms with Gasteiger partial charge in [0, 0.05) is 11.6 Å². The molecule has 0 heterocycles. The molecular weight excluding hydrogens is 219 g/mol. The summed E-state index contributed by atoms with van der Waals surface area (Å²) in [6, 6.07) is 0.472. The summed E-state index contributed by atoms with van der Waals surface area (Å²) < 4.78 is 44.9. The Hall–Kier alpha value is -1.23. The van der Waals surface area contributed by atoms with Crippen LogP contribution in [0, 0.1) is 17.5 Å². The van der Waals surface area contributed by atoms with E-state index in [0.717, 1.165) is 6.42 Å². The topological polar surface area (TPSA) is 35.2 Å². The maximum Gasteiger partial charge on any atom is 0.168 e. The van der Waals surface area contributed by atoms with Crippen molar-refractivity contribution in [3.05, 3.63) is 29.1 Å². The number of benzene rings is 1. The van der Waals surface area contributed by atoms with Crippen molar-refractivity contribution in [2.45, 2.75) is 24.8 Å². The molecule has 0 saturated heterocycles. The molecule has 0 aromatic heterocycles. The average molecular weight is 231 g/mol. The van der Waals surface area contributed by atoms with Crippen molar-refractivity contribution >= 4 is 0 Å². The van der Waals surface area contributed by atoms with Crippen molar-refractivity contribution in [2.24, 2.45) is 5.73 Å². The third-order valence-corrected chi connectivity index (χ3v) is 3.07. The highest BCUT2D eigenvalue weighted by atomic mass is 19.2. The van der Waals surface area contributed by atoms with Gasteiger partial charge in [-0.15, -0.1) is 0 Å². The minimum atomic E-state index is -1.23. The second-order valence-electron chi connectivity index (χ2n) is 4.07. The van der Waals surface area contributed by atoms with Crippen LogP contribution >= 0.6 is 0 Å². The van der Waals surface area contributed by atoms with Gasteiger partial charge in [0.05, 0.1) is 12.7 Å². The largest absolute Gasteiger partial charge is 0.493 e. The van der Waals surface area contributed by atoms with Gasteiger partial charge in [-0.25, -0.2) is 13.2 Å². The van der Waals surface area contributed by atoms with Crippen LogP contribution in [-0.4, -0.2) is 7.11 Å². The van der Waals surface area contributed by atoms with Crippen molar-refractivity contribution in [2.75, 3.05) is 7.11 Å². The summed E-state index contributed by atoms with van der Waals surface area (Å²) in [4.78, 5) is 0. The second kappa shape index (κ2) is 3.66. The van der Waals surface area contributed by atoms with Gasteiger partial charge >= 0.3 is 0 Å². The zero-order chi connectivity index (χ0) is 11.9. The first-order valence-electron chi connectivity index (χ1n) is 5.00. The Kier molecular flexibility index (Phi) is 2.58. The molecule has 2 rings (SSSR count). The lowest BCUT2D eigenvalue weighted by Gasteiger charge is -2.39. The van der Waals surface area contributed by atoms with Crippen molar-refractivity contribution in [3.8, 4) is 5.75 Å². The number of methoxy groups -OCH3 is 1. The predicted octanol–water partition coefficient (Wildman–Crippen LogP) is 2.45. The van der Waals surface area contributed by atoms with E-state index in [1.54, 1.807) is 0 Å². The normalized spacial score (nSPS) is 18.1. The molecule has 1 aromatic carbocycles. The standard InChI is InChI=1S/C11H12F3NO/c1-16-10-7(13)5-6(12)9(14)8(10)11(15)3-2-4-11/h5H,2-4,15H2,1H3. The highest BCUT2D eigenvalue weighted by molar-refractivity contribution is 5.43. The van der Waals surface area contributed by atoms with Crippen molar-refractivity contribution in [3.63, 3.8) is 0 Å². The predicted molar refractivity (Wildman–Crippen MR) is 52.6 cm³/mol. The Bertz CT molecular complexity index is 430. The van der Waals surface area contributed by atoms with Gasteiger partial charge in [0.25, 0.3) is 0 Å². The fraction of sp³-hybridized carbons (Fsp3) is 0.455. The Labute approximate surface area is 91.2 Å². The number of ether oxygens (including phenoxy) is 1. The number of halogens is 3. The van der Waals surface area contributed by atoms with E-state index in [9.17, 15) is 13.2 Å². The first-order valence-corrected chi connectivity index (χ1v) is 5.00. The van der Waals surface area contributed by atoms with E-state index in [4.69, 9.17) is 10.5 Å². The van der Waals surface area contributed by atoms with E-state index in [0.29, 0.717) is 18.9 Å². The molecule has 1 fully saturated rings. The van der Waals surface area contributed by atoms with Crippen molar-refractivity contribution < 1.29 is 17.9 Å². The summed E-state index contributed by atoms with van der Waals surface area (Å²) in [7, 11) is 1.21. The first kappa shape index (κ1) is 11.3. The lowest BCUT2D eigenvalue weighted by atomic mass is 9.72. The van der Waals surface area contributed by atoms with Crippen LogP contribution in [0.2, 0.25) is 0 Å². The van der Waals surface area contributed by atoms with E-state index in [1.165, 1.54) is 7.11 Å². The van der Waals surface area contributed by atoms with Crippen LogP contribution in [0.1, 0.15) is 24.8 Å². The minimum absolute atomic E-state index is 0.182. The van der Waals surface area contributed by atoms with Gasteiger partial charge in [-0.05, 0) is 19.3 Å². The summed E-state index contributed by atoms with van der Waals surface area (Å²) in [5.41, 5.74) is 4.70. The van der Waals surface area contributed by atoms with Gasteiger partial charge < -0.3 is 10.5 Å². The summed E-state index contributed by atoms with van der Waals surface area (Å²) in [6.07, 6.45) is 1.82. The summed E-state index contributed by atoms with van der Waals surface area (Å²) in [5.74, 6) is -3.56. The van der Waals surface area contributed by atoms with Gasteiger partial charge in [-0.2, -0.15) is 0 Å². The average Bonchev–Trinajstić information content (AvgIpc) is 2.19. The molecule has 0 radical (unpaired) electrons. The van der Waals surface area contributed by atoms with Crippen molar-refractivity contribution in [1.82, 2.24) is 0 Å². The molecule has 0 unspecified atom stereocenters. The van der Waals surface area contributed by atoms with E-state index in [1.807, 2.05) is 0 Å². The zero-order valence-corrected chi connectivity index (χ0v) is 8.82. The van der Waals surface area contributed by atoms with Gasteiger partial charge in [-0.3, -0.25) is 0 Å². The number of rotatable bonds is 2. The van der Waals surface area contributed by atoms with Crippen LogP contribution in [-0.2, 0) is 5.54 Å². The van der Waals surface area contributed by atoms with Crippen molar-refractivity contribution in [1.29, 1.82) is 0 Å². The SMILES string of the molecule is COc1c(F)cc(F)c(F)c1C1(N)CCC1. The van der Waals surface area contributed by atoms with E-state index < -0.39 is 23.0 Å². The summed E-state index contributed by atoms with van der Waals surface area (Å²) in [6.45, 7) is 0. The second-order valence-corrected chi connectivity index (χ2v) is 4.07. The highest BCUT2D eigenvalue weighted by Crippen LogP contribution is 2.45. The smallest absolute Gasteiger partial charge is 0.168 e. The number of hydrogen-bond donors (Lipinski definition) is 1. The van der Waals surface area contributed by atoms with Gasteiger partial charge in [0.2, 0.25) is 0 Å². The molecule has 5 heteroatoms. The number of nitrogens with two attached hydrogens (primary N) is 1. The molecule has 1 aromatic rings. The quantitative estimate of drug-likeness (QED) is 0.793. The Morgan fingerprint density at radius 3 is 2.31 bits per heavy atom. The molecule has 1 aliphatic carbocycles. The van der Waals surface area contributed by atoms with Crippen LogP contribution in [0.15, 0.2) is 6.07 Å². The van der Waals surface area contributed by atoms with E-state index >= 15 is 0 Å². The third kappa shape index (κ3) is 1.46. The minimum Gasteiger partial charge on any atom is -0.493 e. The van der Waals surface area contributed by atoms with Crippen LogP contribution in [0.5, 0.6) is 5.75 Å². The zero-order valence-electron chi connectivity index (χ0n) is 8.82. The third-order valence-electron chi connectivity index (χ3n) is 3.07. The van der Waals surface area contributed by atoms with E-state index in [2.05, 4.69) is 0 Å². The van der Waals surface area contributed by atoms with Gasteiger partial charge in [-0.1, -0.05) is 0 Å². The molecule has 0 aliphatic heterocycles. The highest BCUT2D eigenvalue weighted by Gasteiger charge is 2.41. The van der Waals surface area contributed by atoms with Gasteiger partial charge in [0.15, 0.2) is 23.2 Å². The molecule has 16 heavy (non-hydrogen) atoms. The monoisotopic (exact) mass is 231 g/mol. The molecule has 0 spiro atoms. The molecule has 2 N–H and O–H groups in total. The molecular formula is C11H12F3NO. The molecule has 0 amide bonds. The van der Waals surface area contributed by atoms with Crippen LogP contribution in [0.4, 0.5) is 13.2 Å².